The van der Waals surface area contributed by atoms with Crippen LogP contribution in [0.2, 0.25) is 0 Å². The van der Waals surface area contributed by atoms with Crippen molar-refractivity contribution in [1.29, 1.82) is 0 Å². The molecular formula is C14H16N3O4-. The fraction of sp³-hybridized carbons (Fsp3) is 0.429. The average Bonchev–Trinajstić information content (AvgIpc) is 2.85. The Balaban J connectivity index is 1.85. The number of nitro groups is 1. The van der Waals surface area contributed by atoms with Crippen LogP contribution in [0, 0.1) is 10.1 Å². The van der Waals surface area contributed by atoms with Gasteiger partial charge in [-0.2, -0.15) is 0 Å². The molecule has 0 unspecified atom stereocenters. The lowest BCUT2D eigenvalue weighted by molar-refractivity contribution is -0.385. The van der Waals surface area contributed by atoms with Gasteiger partial charge in [0.2, 0.25) is 5.91 Å². The molecule has 1 aromatic rings. The molecule has 7 heteroatoms. The Kier molecular flexibility index (Phi) is 4.86. The van der Waals surface area contributed by atoms with Gasteiger partial charge in [-0.1, -0.05) is 11.8 Å². The quantitative estimate of drug-likeness (QED) is 0.339. The number of aliphatic imine (C=N–C) groups is 1. The molecule has 1 heterocycles. The number of hydrogen-bond acceptors (Lipinski definition) is 5. The molecule has 0 bridgehead atoms. The van der Waals surface area contributed by atoms with Crippen molar-refractivity contribution in [3.05, 3.63) is 33.9 Å². The van der Waals surface area contributed by atoms with E-state index in [9.17, 15) is 20.0 Å². The second kappa shape index (κ2) is 6.83. The van der Waals surface area contributed by atoms with Gasteiger partial charge in [-0.3, -0.25) is 19.9 Å². The molecule has 21 heavy (non-hydrogen) atoms. The van der Waals surface area contributed by atoms with Crippen LogP contribution in [-0.4, -0.2) is 41.6 Å². The predicted molar refractivity (Wildman–Crippen MR) is 75.4 cm³/mol. The van der Waals surface area contributed by atoms with E-state index in [2.05, 4.69) is 4.99 Å². The first kappa shape index (κ1) is 15.0. The minimum absolute atomic E-state index is 0.126. The third kappa shape index (κ3) is 4.01. The summed E-state index contributed by atoms with van der Waals surface area (Å²) in [5.41, 5.74) is 0.0835. The molecule has 1 amide bonds. The Morgan fingerprint density at radius 2 is 2.24 bits per heavy atom. The van der Waals surface area contributed by atoms with E-state index in [1.54, 1.807) is 0 Å². The summed E-state index contributed by atoms with van der Waals surface area (Å²) >= 11 is 0. The molecule has 7 nitrogen and oxygen atoms in total. The molecule has 0 spiro atoms. The zero-order valence-electron chi connectivity index (χ0n) is 11.5. The highest BCUT2D eigenvalue weighted by atomic mass is 16.6. The van der Waals surface area contributed by atoms with Crippen molar-refractivity contribution in [2.45, 2.75) is 19.3 Å². The summed E-state index contributed by atoms with van der Waals surface area (Å²) in [6.07, 6.45) is 3.61. The fourth-order valence-electron chi connectivity index (χ4n) is 2.21. The average molecular weight is 290 g/mol. The number of rotatable bonds is 6. The number of amides is 1. The van der Waals surface area contributed by atoms with Gasteiger partial charge >= 0.3 is 0 Å². The number of carbonyl (C=O) groups excluding carboxylic acids is 1. The van der Waals surface area contributed by atoms with E-state index >= 15 is 0 Å². The summed E-state index contributed by atoms with van der Waals surface area (Å²) in [6.45, 7) is 1.94. The summed E-state index contributed by atoms with van der Waals surface area (Å²) in [5, 5.41) is 22.2. The molecule has 1 aromatic carbocycles. The summed E-state index contributed by atoms with van der Waals surface area (Å²) in [5.74, 6) is -0.112. The zero-order chi connectivity index (χ0) is 15.2. The van der Waals surface area contributed by atoms with Gasteiger partial charge in [0.15, 0.2) is 0 Å². The van der Waals surface area contributed by atoms with Gasteiger partial charge in [-0.25, -0.2) is 0 Å². The van der Waals surface area contributed by atoms with Crippen molar-refractivity contribution >= 4 is 17.8 Å². The molecule has 0 atom stereocenters. The van der Waals surface area contributed by atoms with E-state index < -0.39 is 4.92 Å². The van der Waals surface area contributed by atoms with Gasteiger partial charge in [0.1, 0.15) is 0 Å². The van der Waals surface area contributed by atoms with Crippen LogP contribution in [-0.2, 0) is 4.79 Å². The van der Waals surface area contributed by atoms with Crippen LogP contribution in [0.4, 0.5) is 5.69 Å². The van der Waals surface area contributed by atoms with E-state index in [1.165, 1.54) is 24.4 Å². The van der Waals surface area contributed by atoms with Crippen molar-refractivity contribution in [2.75, 3.05) is 19.6 Å². The zero-order valence-corrected chi connectivity index (χ0v) is 11.5. The van der Waals surface area contributed by atoms with Crippen LogP contribution in [0.25, 0.3) is 0 Å². The van der Waals surface area contributed by atoms with E-state index in [4.69, 9.17) is 0 Å². The Bertz CT molecular complexity index is 571. The minimum Gasteiger partial charge on any atom is -0.872 e. The standard InChI is InChI=1S/C14H17N3O4/c18-13-5-4-12(17(20)21)9-11(13)10-15-6-2-8-16-7-1-3-14(16)19/h4-5,9-10,18H,1-3,6-8H2/p-1. The first-order chi connectivity index (χ1) is 10.1. The molecule has 1 aliphatic heterocycles. The monoisotopic (exact) mass is 290 g/mol. The largest absolute Gasteiger partial charge is 0.872 e. The van der Waals surface area contributed by atoms with E-state index in [1.807, 2.05) is 4.90 Å². The van der Waals surface area contributed by atoms with Crippen LogP contribution < -0.4 is 5.11 Å². The summed E-state index contributed by atoms with van der Waals surface area (Å²) < 4.78 is 0. The normalized spacial score (nSPS) is 15.0. The topological polar surface area (TPSA) is 98.9 Å². The smallest absolute Gasteiger partial charge is 0.270 e. The van der Waals surface area contributed by atoms with Gasteiger partial charge in [0.25, 0.3) is 5.69 Å². The molecule has 0 N–H and O–H groups in total. The number of nitro benzene ring substituents is 1. The molecule has 1 saturated heterocycles. The van der Waals surface area contributed by atoms with E-state index in [-0.39, 0.29) is 22.9 Å². The molecule has 1 fully saturated rings. The van der Waals surface area contributed by atoms with E-state index in [0.717, 1.165) is 13.0 Å². The highest BCUT2D eigenvalue weighted by Crippen LogP contribution is 2.19. The molecule has 2 rings (SSSR count). The lowest BCUT2D eigenvalue weighted by atomic mass is 10.2. The number of likely N-dealkylation sites (tertiary alicyclic amines) is 1. The van der Waals surface area contributed by atoms with Crippen LogP contribution in [0.1, 0.15) is 24.8 Å². The third-order valence-corrected chi connectivity index (χ3v) is 3.32. The molecule has 0 aliphatic carbocycles. The second-order valence-corrected chi connectivity index (χ2v) is 4.85. The maximum atomic E-state index is 11.5. The SMILES string of the molecule is O=C1CCCN1CCCN=Cc1cc([N+](=O)[O-])ccc1[O-]. The fourth-order valence-corrected chi connectivity index (χ4v) is 2.21. The van der Waals surface area contributed by atoms with Crippen molar-refractivity contribution in [3.63, 3.8) is 0 Å². The number of nitrogens with zero attached hydrogens (tertiary/aromatic N) is 3. The minimum atomic E-state index is -0.546. The number of carbonyl (C=O) groups is 1. The maximum absolute atomic E-state index is 11.5. The van der Waals surface area contributed by atoms with Gasteiger partial charge in [-0.15, -0.1) is 0 Å². The highest BCUT2D eigenvalue weighted by Gasteiger charge is 2.18. The Morgan fingerprint density at radius 1 is 1.43 bits per heavy atom. The first-order valence-corrected chi connectivity index (χ1v) is 6.81. The lowest BCUT2D eigenvalue weighted by Gasteiger charge is -2.14. The molecule has 0 saturated carbocycles. The summed E-state index contributed by atoms with van der Waals surface area (Å²) in [6, 6.07) is 3.57. The van der Waals surface area contributed by atoms with Crippen LogP contribution in [0.5, 0.6) is 5.75 Å². The van der Waals surface area contributed by atoms with Gasteiger partial charge < -0.3 is 10.0 Å². The molecular weight excluding hydrogens is 274 g/mol. The third-order valence-electron chi connectivity index (χ3n) is 3.32. The number of hydrogen-bond donors (Lipinski definition) is 0. The van der Waals surface area contributed by atoms with Crippen LogP contribution in [0.15, 0.2) is 23.2 Å². The highest BCUT2D eigenvalue weighted by molar-refractivity contribution is 5.84. The molecule has 0 aromatic heterocycles. The van der Waals surface area contributed by atoms with Crippen molar-refractivity contribution in [2.24, 2.45) is 4.99 Å². The summed E-state index contributed by atoms with van der Waals surface area (Å²) in [7, 11) is 0. The van der Waals surface area contributed by atoms with Crippen molar-refractivity contribution in [1.82, 2.24) is 4.90 Å². The second-order valence-electron chi connectivity index (χ2n) is 4.85. The lowest BCUT2D eigenvalue weighted by Crippen LogP contribution is -2.26. The van der Waals surface area contributed by atoms with Crippen molar-refractivity contribution in [3.8, 4) is 5.75 Å². The summed E-state index contributed by atoms with van der Waals surface area (Å²) in [4.78, 5) is 27.4. The van der Waals surface area contributed by atoms with Gasteiger partial charge in [0, 0.05) is 44.4 Å². The first-order valence-electron chi connectivity index (χ1n) is 6.81. The van der Waals surface area contributed by atoms with Crippen molar-refractivity contribution < 1.29 is 14.8 Å². The van der Waals surface area contributed by atoms with Gasteiger partial charge in [-0.05, 0) is 18.4 Å². The Morgan fingerprint density at radius 3 is 2.90 bits per heavy atom. The maximum Gasteiger partial charge on any atom is 0.270 e. The van der Waals surface area contributed by atoms with Crippen LogP contribution in [0.3, 0.4) is 0 Å². The molecule has 112 valence electrons. The predicted octanol–water partition coefficient (Wildman–Crippen LogP) is 1.10. The van der Waals surface area contributed by atoms with E-state index in [0.29, 0.717) is 25.9 Å². The Labute approximate surface area is 122 Å². The Hall–Kier alpha value is -2.44. The van der Waals surface area contributed by atoms with Crippen LogP contribution >= 0.6 is 0 Å². The molecule has 1 aliphatic rings. The molecule has 0 radical (unpaired) electrons. The van der Waals surface area contributed by atoms with Gasteiger partial charge in [0.05, 0.1) is 4.92 Å². The number of non-ortho nitro benzene ring substituents is 1. The number of benzene rings is 1.